The minimum atomic E-state index is 0.212. The summed E-state index contributed by atoms with van der Waals surface area (Å²) in [5.41, 5.74) is 6.78. The van der Waals surface area contributed by atoms with Crippen LogP contribution in [0.15, 0.2) is 5.38 Å². The molecule has 21 heavy (non-hydrogen) atoms. The predicted molar refractivity (Wildman–Crippen MR) is 81.4 cm³/mol. The Kier molecular flexibility index (Phi) is 4.11. The third-order valence-corrected chi connectivity index (χ3v) is 3.97. The zero-order chi connectivity index (χ0) is 14.7. The van der Waals surface area contributed by atoms with E-state index in [-0.39, 0.29) is 5.95 Å². The maximum absolute atomic E-state index is 5.77. The molecule has 0 amide bonds. The lowest BCUT2D eigenvalue weighted by atomic mass is 10.4. The molecule has 0 atom stereocenters. The Hall–Kier alpha value is -2.00. The van der Waals surface area contributed by atoms with Gasteiger partial charge in [0.05, 0.1) is 19.8 Å². The van der Waals surface area contributed by atoms with Crippen molar-refractivity contribution >= 4 is 29.2 Å². The second-order valence-corrected chi connectivity index (χ2v) is 5.60. The van der Waals surface area contributed by atoms with Gasteiger partial charge in [-0.25, -0.2) is 4.98 Å². The van der Waals surface area contributed by atoms with Crippen LogP contribution in [0, 0.1) is 6.92 Å². The Morgan fingerprint density at radius 3 is 2.81 bits per heavy atom. The maximum atomic E-state index is 5.77. The summed E-state index contributed by atoms with van der Waals surface area (Å²) in [5.74, 6) is 1.27. The topological polar surface area (TPSA) is 102 Å². The minimum Gasteiger partial charge on any atom is -0.378 e. The molecule has 0 aliphatic carbocycles. The second-order valence-electron chi connectivity index (χ2n) is 4.65. The first kappa shape index (κ1) is 14.0. The van der Waals surface area contributed by atoms with E-state index in [4.69, 9.17) is 10.5 Å². The van der Waals surface area contributed by atoms with Crippen molar-refractivity contribution in [1.82, 2.24) is 19.9 Å². The summed E-state index contributed by atoms with van der Waals surface area (Å²) in [7, 11) is 0. The van der Waals surface area contributed by atoms with Crippen LogP contribution in [0.25, 0.3) is 0 Å². The lowest BCUT2D eigenvalue weighted by molar-refractivity contribution is 0.122. The van der Waals surface area contributed by atoms with Gasteiger partial charge in [-0.15, -0.1) is 11.3 Å². The van der Waals surface area contributed by atoms with Crippen molar-refractivity contribution in [1.29, 1.82) is 0 Å². The molecular formula is C12H17N7OS. The molecular weight excluding hydrogens is 290 g/mol. The number of rotatable bonds is 4. The van der Waals surface area contributed by atoms with Crippen molar-refractivity contribution in [2.45, 2.75) is 13.5 Å². The van der Waals surface area contributed by atoms with Crippen LogP contribution in [-0.4, -0.2) is 46.2 Å². The van der Waals surface area contributed by atoms with Gasteiger partial charge in [-0.3, -0.25) is 0 Å². The highest BCUT2D eigenvalue weighted by molar-refractivity contribution is 7.09. The number of thiazole rings is 1. The smallest absolute Gasteiger partial charge is 0.232 e. The van der Waals surface area contributed by atoms with E-state index in [2.05, 4.69) is 25.3 Å². The molecule has 0 bridgehead atoms. The van der Waals surface area contributed by atoms with Crippen LogP contribution in [0.5, 0.6) is 0 Å². The summed E-state index contributed by atoms with van der Waals surface area (Å²) in [6.07, 6.45) is 0. The largest absolute Gasteiger partial charge is 0.378 e. The van der Waals surface area contributed by atoms with E-state index in [1.807, 2.05) is 17.2 Å². The van der Waals surface area contributed by atoms with Crippen LogP contribution in [0.2, 0.25) is 0 Å². The van der Waals surface area contributed by atoms with Crippen molar-refractivity contribution in [3.8, 4) is 0 Å². The molecule has 0 radical (unpaired) electrons. The number of nitrogen functional groups attached to an aromatic ring is 1. The molecule has 0 saturated carbocycles. The SMILES string of the molecule is Cc1csc(CNc2nc(N)nc(N3CCOCC3)n2)n1. The minimum absolute atomic E-state index is 0.212. The molecule has 0 unspecified atom stereocenters. The molecule has 1 saturated heterocycles. The van der Waals surface area contributed by atoms with E-state index in [9.17, 15) is 0 Å². The molecule has 8 nitrogen and oxygen atoms in total. The predicted octanol–water partition coefficient (Wildman–Crippen LogP) is 0.667. The second kappa shape index (κ2) is 6.19. The molecule has 9 heteroatoms. The van der Waals surface area contributed by atoms with E-state index in [1.165, 1.54) is 0 Å². The Balaban J connectivity index is 1.71. The van der Waals surface area contributed by atoms with E-state index in [0.717, 1.165) is 23.8 Å². The third kappa shape index (κ3) is 3.56. The molecule has 1 fully saturated rings. The van der Waals surface area contributed by atoms with Gasteiger partial charge in [0.15, 0.2) is 0 Å². The Morgan fingerprint density at radius 1 is 1.29 bits per heavy atom. The van der Waals surface area contributed by atoms with E-state index in [1.54, 1.807) is 11.3 Å². The Labute approximate surface area is 126 Å². The fourth-order valence-electron chi connectivity index (χ4n) is 2.00. The fraction of sp³-hybridized carbons (Fsp3) is 0.500. The number of nitrogens with zero attached hydrogens (tertiary/aromatic N) is 5. The summed E-state index contributed by atoms with van der Waals surface area (Å²) in [5, 5.41) is 6.14. The summed E-state index contributed by atoms with van der Waals surface area (Å²) in [6, 6.07) is 0. The first-order valence-corrected chi connectivity index (χ1v) is 7.58. The van der Waals surface area contributed by atoms with Crippen LogP contribution in [0.4, 0.5) is 17.8 Å². The highest BCUT2D eigenvalue weighted by Crippen LogP contribution is 2.15. The van der Waals surface area contributed by atoms with Crippen molar-refractivity contribution < 1.29 is 4.74 Å². The van der Waals surface area contributed by atoms with Gasteiger partial charge >= 0.3 is 0 Å². The number of ether oxygens (including phenoxy) is 1. The van der Waals surface area contributed by atoms with Crippen LogP contribution in [-0.2, 0) is 11.3 Å². The average Bonchev–Trinajstić information content (AvgIpc) is 2.91. The van der Waals surface area contributed by atoms with Gasteiger partial charge in [-0.1, -0.05) is 0 Å². The summed E-state index contributed by atoms with van der Waals surface area (Å²) in [4.78, 5) is 19.1. The van der Waals surface area contributed by atoms with E-state index in [0.29, 0.717) is 31.7 Å². The summed E-state index contributed by atoms with van der Waals surface area (Å²) < 4.78 is 5.32. The first-order chi connectivity index (χ1) is 10.2. The van der Waals surface area contributed by atoms with Crippen molar-refractivity contribution in [2.24, 2.45) is 0 Å². The van der Waals surface area contributed by atoms with Gasteiger partial charge in [0.1, 0.15) is 5.01 Å². The number of anilines is 3. The molecule has 1 aliphatic rings. The molecule has 112 valence electrons. The van der Waals surface area contributed by atoms with Crippen LogP contribution < -0.4 is 16.0 Å². The lowest BCUT2D eigenvalue weighted by Gasteiger charge is -2.26. The molecule has 3 N–H and O–H groups in total. The molecule has 0 spiro atoms. The van der Waals surface area contributed by atoms with E-state index >= 15 is 0 Å². The average molecular weight is 307 g/mol. The zero-order valence-electron chi connectivity index (χ0n) is 11.7. The van der Waals surface area contributed by atoms with Gasteiger partial charge in [-0.2, -0.15) is 15.0 Å². The number of hydrogen-bond acceptors (Lipinski definition) is 9. The molecule has 3 rings (SSSR count). The molecule has 3 heterocycles. The summed E-state index contributed by atoms with van der Waals surface area (Å²) >= 11 is 1.60. The van der Waals surface area contributed by atoms with Crippen LogP contribution in [0.1, 0.15) is 10.7 Å². The lowest BCUT2D eigenvalue weighted by Crippen LogP contribution is -2.37. The highest BCUT2D eigenvalue weighted by atomic mass is 32.1. The quantitative estimate of drug-likeness (QED) is 0.849. The number of nitrogens with one attached hydrogen (secondary N) is 1. The maximum Gasteiger partial charge on any atom is 0.232 e. The van der Waals surface area contributed by atoms with Crippen molar-refractivity contribution in [2.75, 3.05) is 42.3 Å². The molecule has 0 aromatic carbocycles. The molecule has 2 aromatic heterocycles. The number of aryl methyl sites for hydroxylation is 1. The zero-order valence-corrected chi connectivity index (χ0v) is 12.6. The number of nitrogens with two attached hydrogens (primary N) is 1. The Morgan fingerprint density at radius 2 is 2.10 bits per heavy atom. The van der Waals surface area contributed by atoms with Gasteiger partial charge in [0, 0.05) is 24.2 Å². The number of morpholine rings is 1. The van der Waals surface area contributed by atoms with Gasteiger partial charge in [-0.05, 0) is 6.92 Å². The third-order valence-electron chi connectivity index (χ3n) is 3.00. The fourth-order valence-corrected chi connectivity index (χ4v) is 2.71. The standard InChI is InChI=1S/C12H17N7OS/c1-8-7-21-9(15-8)6-14-11-16-10(13)17-12(18-11)19-2-4-20-5-3-19/h7H,2-6H2,1H3,(H3,13,14,16,17,18). The van der Waals surface area contributed by atoms with Crippen molar-refractivity contribution in [3.63, 3.8) is 0 Å². The summed E-state index contributed by atoms with van der Waals surface area (Å²) in [6.45, 7) is 5.41. The monoisotopic (exact) mass is 307 g/mol. The van der Waals surface area contributed by atoms with Gasteiger partial charge < -0.3 is 20.7 Å². The normalized spacial score (nSPS) is 15.2. The van der Waals surface area contributed by atoms with Gasteiger partial charge in [0.2, 0.25) is 17.8 Å². The van der Waals surface area contributed by atoms with Crippen LogP contribution in [0.3, 0.4) is 0 Å². The van der Waals surface area contributed by atoms with Crippen LogP contribution >= 0.6 is 11.3 Å². The highest BCUT2D eigenvalue weighted by Gasteiger charge is 2.15. The van der Waals surface area contributed by atoms with Gasteiger partial charge in [0.25, 0.3) is 0 Å². The Bertz CT molecular complexity index is 611. The molecule has 1 aliphatic heterocycles. The van der Waals surface area contributed by atoms with Crippen molar-refractivity contribution in [3.05, 3.63) is 16.1 Å². The number of hydrogen-bond donors (Lipinski definition) is 2. The first-order valence-electron chi connectivity index (χ1n) is 6.70. The number of aromatic nitrogens is 4. The molecule has 2 aromatic rings. The van der Waals surface area contributed by atoms with E-state index < -0.39 is 0 Å².